The van der Waals surface area contributed by atoms with Gasteiger partial charge in [-0.3, -0.25) is 0 Å². The number of nitrogen functional groups attached to an aromatic ring is 1. The van der Waals surface area contributed by atoms with Crippen LogP contribution in [0.15, 0.2) is 35.4 Å². The largest absolute Gasteiger partial charge is 0.367 e. The van der Waals surface area contributed by atoms with Crippen LogP contribution in [0.25, 0.3) is 5.65 Å². The van der Waals surface area contributed by atoms with E-state index in [1.807, 2.05) is 10.6 Å². The van der Waals surface area contributed by atoms with Crippen LogP contribution in [0.5, 0.6) is 0 Å². The number of nitrogens with one attached hydrogen (secondary N) is 2. The molecule has 0 aliphatic heterocycles. The Morgan fingerprint density at radius 2 is 2.37 bits per heavy atom. The van der Waals surface area contributed by atoms with Gasteiger partial charge in [-0.1, -0.05) is 0 Å². The molecule has 0 aromatic carbocycles. The fourth-order valence-corrected chi connectivity index (χ4v) is 2.58. The molecule has 0 radical (unpaired) electrons. The predicted octanol–water partition coefficient (Wildman–Crippen LogP) is 1.73. The second-order valence-electron chi connectivity index (χ2n) is 4.09. The smallest absolute Gasteiger partial charge is 0.180 e. The first kappa shape index (κ1) is 11.9. The maximum atomic E-state index is 5.41. The molecule has 0 saturated carbocycles. The number of anilines is 2. The van der Waals surface area contributed by atoms with Crippen molar-refractivity contribution < 1.29 is 0 Å². The van der Waals surface area contributed by atoms with Gasteiger partial charge in [0.1, 0.15) is 0 Å². The van der Waals surface area contributed by atoms with E-state index in [4.69, 9.17) is 5.84 Å². The highest BCUT2D eigenvalue weighted by molar-refractivity contribution is 7.07. The lowest BCUT2D eigenvalue weighted by molar-refractivity contribution is 1.00. The molecule has 7 heteroatoms. The molecule has 0 unspecified atom stereocenters. The van der Waals surface area contributed by atoms with Gasteiger partial charge < -0.3 is 15.1 Å². The molecule has 3 aromatic rings. The lowest BCUT2D eigenvalue weighted by Gasteiger charge is -2.08. The number of thiophene rings is 1. The van der Waals surface area contributed by atoms with Gasteiger partial charge >= 0.3 is 0 Å². The second-order valence-corrected chi connectivity index (χ2v) is 4.87. The Balaban J connectivity index is 1.77. The van der Waals surface area contributed by atoms with Gasteiger partial charge in [0.15, 0.2) is 17.3 Å². The fraction of sp³-hybridized carbons (Fsp3) is 0.167. The SMILES string of the molecule is NNc1cn2ccnc2c(NCCc2ccsc2)n1. The summed E-state index contributed by atoms with van der Waals surface area (Å²) in [6, 6.07) is 2.13. The van der Waals surface area contributed by atoms with E-state index in [0.717, 1.165) is 24.4 Å². The van der Waals surface area contributed by atoms with E-state index >= 15 is 0 Å². The zero-order valence-corrected chi connectivity index (χ0v) is 11.0. The van der Waals surface area contributed by atoms with Crippen LogP contribution >= 0.6 is 11.3 Å². The highest BCUT2D eigenvalue weighted by atomic mass is 32.1. The molecule has 19 heavy (non-hydrogen) atoms. The van der Waals surface area contributed by atoms with E-state index in [1.165, 1.54) is 5.56 Å². The van der Waals surface area contributed by atoms with Crippen LogP contribution in [0.1, 0.15) is 5.56 Å². The highest BCUT2D eigenvalue weighted by Crippen LogP contribution is 2.16. The van der Waals surface area contributed by atoms with Crippen LogP contribution in [0.2, 0.25) is 0 Å². The van der Waals surface area contributed by atoms with Crippen LogP contribution in [-0.4, -0.2) is 20.9 Å². The van der Waals surface area contributed by atoms with Crippen LogP contribution in [0.4, 0.5) is 11.6 Å². The predicted molar refractivity (Wildman–Crippen MR) is 77.3 cm³/mol. The molecular formula is C12H14N6S. The lowest BCUT2D eigenvalue weighted by Crippen LogP contribution is -2.13. The maximum Gasteiger partial charge on any atom is 0.180 e. The minimum atomic E-state index is 0.600. The maximum absolute atomic E-state index is 5.41. The molecule has 0 amide bonds. The summed E-state index contributed by atoms with van der Waals surface area (Å²) in [6.45, 7) is 0.806. The average Bonchev–Trinajstić information content (AvgIpc) is 3.08. The number of hydrogen-bond donors (Lipinski definition) is 3. The van der Waals surface area contributed by atoms with E-state index < -0.39 is 0 Å². The first-order valence-electron chi connectivity index (χ1n) is 5.92. The zero-order valence-electron chi connectivity index (χ0n) is 10.2. The summed E-state index contributed by atoms with van der Waals surface area (Å²) in [5.74, 6) is 6.74. The van der Waals surface area contributed by atoms with Gasteiger partial charge in [0, 0.05) is 18.9 Å². The zero-order chi connectivity index (χ0) is 13.1. The summed E-state index contributed by atoms with van der Waals surface area (Å²) in [5, 5.41) is 7.53. The fourth-order valence-electron chi connectivity index (χ4n) is 1.88. The van der Waals surface area contributed by atoms with Crippen molar-refractivity contribution in [2.24, 2.45) is 5.84 Å². The minimum absolute atomic E-state index is 0.600. The van der Waals surface area contributed by atoms with Crippen molar-refractivity contribution in [3.05, 3.63) is 41.0 Å². The molecule has 6 nitrogen and oxygen atoms in total. The van der Waals surface area contributed by atoms with Crippen molar-refractivity contribution >= 4 is 28.6 Å². The summed E-state index contributed by atoms with van der Waals surface area (Å²) in [4.78, 5) is 8.66. The molecular weight excluding hydrogens is 260 g/mol. The summed E-state index contributed by atoms with van der Waals surface area (Å²) >= 11 is 1.71. The summed E-state index contributed by atoms with van der Waals surface area (Å²) in [5.41, 5.74) is 4.67. The molecule has 0 spiro atoms. The molecule has 0 aliphatic rings. The number of rotatable bonds is 5. The monoisotopic (exact) mass is 274 g/mol. The second kappa shape index (κ2) is 5.25. The van der Waals surface area contributed by atoms with Crippen molar-refractivity contribution in [3.63, 3.8) is 0 Å². The molecule has 0 fully saturated rings. The number of nitrogens with zero attached hydrogens (tertiary/aromatic N) is 3. The van der Waals surface area contributed by atoms with Gasteiger partial charge in [-0.2, -0.15) is 11.3 Å². The standard InChI is InChI=1S/C12H14N6S/c13-17-10-7-18-5-4-15-12(18)11(16-10)14-3-1-9-2-6-19-8-9/h2,4-8,17H,1,3,13H2,(H,14,16). The topological polar surface area (TPSA) is 80.3 Å². The molecule has 3 aromatic heterocycles. The van der Waals surface area contributed by atoms with Crippen LogP contribution in [0.3, 0.4) is 0 Å². The number of fused-ring (bicyclic) bond motifs is 1. The molecule has 3 heterocycles. The van der Waals surface area contributed by atoms with Crippen molar-refractivity contribution in [2.45, 2.75) is 6.42 Å². The van der Waals surface area contributed by atoms with Crippen LogP contribution in [0, 0.1) is 0 Å². The number of aromatic nitrogens is 3. The molecule has 98 valence electrons. The van der Waals surface area contributed by atoms with Gasteiger partial charge in [-0.15, -0.1) is 0 Å². The molecule has 3 rings (SSSR count). The third-order valence-corrected chi connectivity index (χ3v) is 3.54. The number of hydrogen-bond acceptors (Lipinski definition) is 6. The number of imidazole rings is 1. The Hall–Kier alpha value is -2.12. The minimum Gasteiger partial charge on any atom is -0.367 e. The van der Waals surface area contributed by atoms with E-state index in [0.29, 0.717) is 5.82 Å². The lowest BCUT2D eigenvalue weighted by atomic mass is 10.2. The molecule has 0 atom stereocenters. The normalized spacial score (nSPS) is 10.8. The summed E-state index contributed by atoms with van der Waals surface area (Å²) in [6.07, 6.45) is 6.36. The molecule has 0 bridgehead atoms. The number of nitrogens with two attached hydrogens (primary N) is 1. The summed E-state index contributed by atoms with van der Waals surface area (Å²) < 4.78 is 1.88. The van der Waals surface area contributed by atoms with Crippen molar-refractivity contribution in [1.29, 1.82) is 0 Å². The Morgan fingerprint density at radius 3 is 3.16 bits per heavy atom. The third-order valence-electron chi connectivity index (χ3n) is 2.81. The molecule has 4 N–H and O–H groups in total. The molecule has 0 aliphatic carbocycles. The van der Waals surface area contributed by atoms with E-state index in [-0.39, 0.29) is 0 Å². The Kier molecular flexibility index (Phi) is 3.30. The Bertz CT molecular complexity index is 660. The van der Waals surface area contributed by atoms with Crippen LogP contribution < -0.4 is 16.6 Å². The van der Waals surface area contributed by atoms with Gasteiger partial charge in [0.05, 0.1) is 6.20 Å². The number of hydrazine groups is 1. The van der Waals surface area contributed by atoms with E-state index in [9.17, 15) is 0 Å². The van der Waals surface area contributed by atoms with E-state index in [1.54, 1.807) is 23.7 Å². The van der Waals surface area contributed by atoms with Gasteiger partial charge in [0.2, 0.25) is 0 Å². The van der Waals surface area contributed by atoms with Crippen molar-refractivity contribution in [2.75, 3.05) is 17.3 Å². The summed E-state index contributed by atoms with van der Waals surface area (Å²) in [7, 11) is 0. The van der Waals surface area contributed by atoms with Gasteiger partial charge in [0.25, 0.3) is 0 Å². The quantitative estimate of drug-likeness (QED) is 0.488. The Morgan fingerprint density at radius 1 is 1.42 bits per heavy atom. The highest BCUT2D eigenvalue weighted by Gasteiger charge is 2.06. The van der Waals surface area contributed by atoms with E-state index in [2.05, 4.69) is 37.5 Å². The first-order chi connectivity index (χ1) is 9.36. The van der Waals surface area contributed by atoms with Gasteiger partial charge in [-0.25, -0.2) is 15.8 Å². The van der Waals surface area contributed by atoms with Gasteiger partial charge in [-0.05, 0) is 28.8 Å². The average molecular weight is 274 g/mol. The van der Waals surface area contributed by atoms with Crippen molar-refractivity contribution in [1.82, 2.24) is 14.4 Å². The molecule has 0 saturated heterocycles. The van der Waals surface area contributed by atoms with Crippen LogP contribution in [-0.2, 0) is 6.42 Å². The third kappa shape index (κ3) is 2.51. The Labute approximate surface area is 114 Å². The van der Waals surface area contributed by atoms with Crippen molar-refractivity contribution in [3.8, 4) is 0 Å². The first-order valence-corrected chi connectivity index (χ1v) is 6.86.